The van der Waals surface area contributed by atoms with Crippen molar-refractivity contribution < 1.29 is 24.9 Å². The highest BCUT2D eigenvalue weighted by atomic mass is 16.4. The lowest BCUT2D eigenvalue weighted by Crippen LogP contribution is -2.46. The molecule has 0 aliphatic heterocycles. The molecule has 3 N–H and O–H groups in total. The van der Waals surface area contributed by atoms with Crippen molar-refractivity contribution in [3.63, 3.8) is 0 Å². The van der Waals surface area contributed by atoms with E-state index in [-0.39, 0.29) is 12.8 Å². The first-order valence-electron chi connectivity index (χ1n) is 4.06. The van der Waals surface area contributed by atoms with Gasteiger partial charge in [0.15, 0.2) is 6.10 Å². The van der Waals surface area contributed by atoms with Crippen LogP contribution in [0.15, 0.2) is 0 Å². The van der Waals surface area contributed by atoms with Crippen LogP contribution in [0.2, 0.25) is 0 Å². The molecule has 1 atom stereocenters. The van der Waals surface area contributed by atoms with Gasteiger partial charge >= 0.3 is 11.9 Å². The summed E-state index contributed by atoms with van der Waals surface area (Å²) in [5.74, 6) is -2.77. The van der Waals surface area contributed by atoms with Gasteiger partial charge in [-0.3, -0.25) is 4.79 Å². The maximum absolute atomic E-state index is 10.8. The molecule has 0 saturated heterocycles. The van der Waals surface area contributed by atoms with Gasteiger partial charge in [0.05, 0.1) is 0 Å². The van der Waals surface area contributed by atoms with Gasteiger partial charge in [-0.15, -0.1) is 0 Å². The highest BCUT2D eigenvalue weighted by molar-refractivity contribution is 5.84. The zero-order valence-corrected chi connectivity index (χ0v) is 7.65. The van der Waals surface area contributed by atoms with Gasteiger partial charge in [-0.05, 0) is 12.8 Å². The van der Waals surface area contributed by atoms with Gasteiger partial charge in [0, 0.05) is 0 Å². The van der Waals surface area contributed by atoms with Crippen LogP contribution in [-0.2, 0) is 9.59 Å². The van der Waals surface area contributed by atoms with Crippen LogP contribution < -0.4 is 0 Å². The Hall–Kier alpha value is -1.10. The fraction of sp³-hybridized carbons (Fsp3) is 0.750. The monoisotopic (exact) mass is 190 g/mol. The molecular weight excluding hydrogens is 176 g/mol. The van der Waals surface area contributed by atoms with Crippen LogP contribution in [0.4, 0.5) is 0 Å². The van der Waals surface area contributed by atoms with Crippen molar-refractivity contribution in [1.29, 1.82) is 0 Å². The molecule has 0 rings (SSSR count). The Kier molecular flexibility index (Phi) is 3.87. The standard InChI is InChI=1S/C8H14O5/c1-3-8(4-2,7(12)13)5(9)6(10)11/h5,9H,3-4H2,1-2H3,(H,10,11)(H,12,13). The van der Waals surface area contributed by atoms with E-state index in [0.29, 0.717) is 0 Å². The summed E-state index contributed by atoms with van der Waals surface area (Å²) in [5.41, 5.74) is -1.56. The maximum atomic E-state index is 10.8. The molecule has 5 nitrogen and oxygen atoms in total. The third-order valence-corrected chi connectivity index (χ3v) is 2.45. The number of carboxylic acid groups (broad SMARTS) is 2. The first kappa shape index (κ1) is 11.9. The van der Waals surface area contributed by atoms with Crippen molar-refractivity contribution in [2.45, 2.75) is 32.8 Å². The molecule has 0 aliphatic carbocycles. The van der Waals surface area contributed by atoms with E-state index in [1.807, 2.05) is 0 Å². The first-order valence-corrected chi connectivity index (χ1v) is 4.06. The molecular formula is C8H14O5. The molecule has 0 spiro atoms. The van der Waals surface area contributed by atoms with E-state index in [0.717, 1.165) is 0 Å². The summed E-state index contributed by atoms with van der Waals surface area (Å²) in [4.78, 5) is 21.3. The predicted molar refractivity (Wildman–Crippen MR) is 44.3 cm³/mol. The molecule has 0 aromatic carbocycles. The molecule has 0 heterocycles. The summed E-state index contributed by atoms with van der Waals surface area (Å²) in [6.45, 7) is 3.09. The first-order chi connectivity index (χ1) is 5.92. The second kappa shape index (κ2) is 4.23. The van der Waals surface area contributed by atoms with Crippen molar-refractivity contribution >= 4 is 11.9 Å². The lowest BCUT2D eigenvalue weighted by Gasteiger charge is -2.29. The van der Waals surface area contributed by atoms with Crippen LogP contribution in [0.5, 0.6) is 0 Å². The molecule has 0 saturated carbocycles. The van der Waals surface area contributed by atoms with Crippen LogP contribution in [0.25, 0.3) is 0 Å². The summed E-state index contributed by atoms with van der Waals surface area (Å²) >= 11 is 0. The third-order valence-electron chi connectivity index (χ3n) is 2.45. The number of rotatable bonds is 5. The quantitative estimate of drug-likeness (QED) is 0.580. The lowest BCUT2D eigenvalue weighted by atomic mass is 9.77. The number of carboxylic acids is 2. The SMILES string of the molecule is CCC(CC)(C(=O)O)C(O)C(=O)O. The molecule has 0 amide bonds. The van der Waals surface area contributed by atoms with Crippen LogP contribution >= 0.6 is 0 Å². The molecule has 1 unspecified atom stereocenters. The van der Waals surface area contributed by atoms with Gasteiger partial charge in [-0.25, -0.2) is 4.79 Å². The minimum Gasteiger partial charge on any atom is -0.481 e. The Morgan fingerprint density at radius 1 is 1.23 bits per heavy atom. The topological polar surface area (TPSA) is 94.8 Å². The van der Waals surface area contributed by atoms with E-state index in [4.69, 9.17) is 10.2 Å². The average molecular weight is 190 g/mol. The summed E-state index contributed by atoms with van der Waals surface area (Å²) in [5, 5.41) is 26.6. The van der Waals surface area contributed by atoms with Crippen molar-refractivity contribution in [1.82, 2.24) is 0 Å². The van der Waals surface area contributed by atoms with Crippen LogP contribution in [0.1, 0.15) is 26.7 Å². The zero-order valence-electron chi connectivity index (χ0n) is 7.65. The second-order valence-electron chi connectivity index (χ2n) is 2.91. The fourth-order valence-corrected chi connectivity index (χ4v) is 1.29. The van der Waals surface area contributed by atoms with Crippen molar-refractivity contribution in [2.24, 2.45) is 5.41 Å². The number of carbonyl (C=O) groups is 2. The second-order valence-corrected chi connectivity index (χ2v) is 2.91. The van der Waals surface area contributed by atoms with E-state index in [9.17, 15) is 14.7 Å². The van der Waals surface area contributed by atoms with Crippen LogP contribution in [-0.4, -0.2) is 33.4 Å². The Balaban J connectivity index is 4.97. The van der Waals surface area contributed by atoms with Crippen molar-refractivity contribution in [3.05, 3.63) is 0 Å². The third kappa shape index (κ3) is 1.98. The van der Waals surface area contributed by atoms with Crippen molar-refractivity contribution in [2.75, 3.05) is 0 Å². The minimum absolute atomic E-state index is 0.0896. The molecule has 0 aliphatic rings. The van der Waals surface area contributed by atoms with Gasteiger partial charge < -0.3 is 15.3 Å². The smallest absolute Gasteiger partial charge is 0.333 e. The number of hydrogen-bond donors (Lipinski definition) is 3. The fourth-order valence-electron chi connectivity index (χ4n) is 1.29. The Morgan fingerprint density at radius 2 is 1.62 bits per heavy atom. The largest absolute Gasteiger partial charge is 0.481 e. The number of aliphatic hydroxyl groups is 1. The highest BCUT2D eigenvalue weighted by Gasteiger charge is 2.46. The number of aliphatic carboxylic acids is 2. The zero-order chi connectivity index (χ0) is 10.6. The molecule has 5 heteroatoms. The lowest BCUT2D eigenvalue weighted by molar-refractivity contribution is -0.170. The molecule has 76 valence electrons. The predicted octanol–water partition coefficient (Wildman–Crippen LogP) is 0.323. The Labute approximate surface area is 76.0 Å². The van der Waals surface area contributed by atoms with Gasteiger partial charge in [0.25, 0.3) is 0 Å². The minimum atomic E-state index is -1.85. The summed E-state index contributed by atoms with van der Waals surface area (Å²) in [7, 11) is 0. The van der Waals surface area contributed by atoms with E-state index in [1.165, 1.54) is 0 Å². The van der Waals surface area contributed by atoms with E-state index >= 15 is 0 Å². The molecule has 0 aromatic rings. The molecule has 0 aromatic heterocycles. The summed E-state index contributed by atoms with van der Waals surface area (Å²) < 4.78 is 0. The van der Waals surface area contributed by atoms with Gasteiger partial charge in [-0.1, -0.05) is 13.8 Å². The van der Waals surface area contributed by atoms with E-state index < -0.39 is 23.5 Å². The van der Waals surface area contributed by atoms with E-state index in [2.05, 4.69) is 0 Å². The van der Waals surface area contributed by atoms with Gasteiger partial charge in [0.1, 0.15) is 5.41 Å². The van der Waals surface area contributed by atoms with Gasteiger partial charge in [0.2, 0.25) is 0 Å². The Morgan fingerprint density at radius 3 is 1.69 bits per heavy atom. The highest BCUT2D eigenvalue weighted by Crippen LogP contribution is 2.31. The average Bonchev–Trinajstić information content (AvgIpc) is 2.06. The molecule has 0 radical (unpaired) electrons. The number of aliphatic hydroxyl groups excluding tert-OH is 1. The molecule has 0 fully saturated rings. The number of hydrogen-bond acceptors (Lipinski definition) is 3. The normalized spacial score (nSPS) is 13.8. The Bertz CT molecular complexity index is 207. The van der Waals surface area contributed by atoms with Crippen molar-refractivity contribution in [3.8, 4) is 0 Å². The maximum Gasteiger partial charge on any atom is 0.333 e. The molecule has 13 heavy (non-hydrogen) atoms. The molecule has 0 bridgehead atoms. The summed E-state index contributed by atoms with van der Waals surface area (Å²) in [6, 6.07) is 0. The van der Waals surface area contributed by atoms with E-state index in [1.54, 1.807) is 13.8 Å². The van der Waals surface area contributed by atoms with Crippen LogP contribution in [0.3, 0.4) is 0 Å². The van der Waals surface area contributed by atoms with Crippen LogP contribution in [0, 0.1) is 5.41 Å². The summed E-state index contributed by atoms with van der Waals surface area (Å²) in [6.07, 6.45) is -1.67. The van der Waals surface area contributed by atoms with Gasteiger partial charge in [-0.2, -0.15) is 0 Å².